The summed E-state index contributed by atoms with van der Waals surface area (Å²) >= 11 is 0. The standard InChI is InChI=1S/C14H12N4O2/c1-2-20-14(19)13-16-15-12-9-8-11(17-18(12)13)10-6-4-3-5-7-10/h3-9H,2H2,1H3. The summed E-state index contributed by atoms with van der Waals surface area (Å²) in [5.41, 5.74) is 2.20. The highest BCUT2D eigenvalue weighted by Gasteiger charge is 2.16. The first-order valence-corrected chi connectivity index (χ1v) is 6.24. The maximum absolute atomic E-state index is 11.8. The van der Waals surface area contributed by atoms with Gasteiger partial charge in [0.25, 0.3) is 5.82 Å². The maximum atomic E-state index is 11.8. The first kappa shape index (κ1) is 12.3. The molecule has 0 spiro atoms. The van der Waals surface area contributed by atoms with Crippen molar-refractivity contribution in [3.05, 3.63) is 48.3 Å². The van der Waals surface area contributed by atoms with Crippen LogP contribution in [-0.4, -0.2) is 32.4 Å². The number of benzene rings is 1. The van der Waals surface area contributed by atoms with Crippen molar-refractivity contribution < 1.29 is 9.53 Å². The number of fused-ring (bicyclic) bond motifs is 1. The third-order valence-corrected chi connectivity index (χ3v) is 2.79. The predicted octanol–water partition coefficient (Wildman–Crippen LogP) is 1.97. The Morgan fingerprint density at radius 1 is 1.15 bits per heavy atom. The molecule has 0 unspecified atom stereocenters. The second-order valence-corrected chi connectivity index (χ2v) is 4.10. The molecule has 0 radical (unpaired) electrons. The Morgan fingerprint density at radius 3 is 2.70 bits per heavy atom. The molecule has 0 aliphatic heterocycles. The molecule has 3 rings (SSSR count). The molecule has 6 heteroatoms. The molecule has 2 aromatic heterocycles. The quantitative estimate of drug-likeness (QED) is 0.679. The van der Waals surface area contributed by atoms with Crippen LogP contribution < -0.4 is 0 Å². The van der Waals surface area contributed by atoms with Gasteiger partial charge in [0.2, 0.25) is 0 Å². The van der Waals surface area contributed by atoms with Crippen LogP contribution in [0, 0.1) is 0 Å². The van der Waals surface area contributed by atoms with Gasteiger partial charge in [-0.15, -0.1) is 10.2 Å². The lowest BCUT2D eigenvalue weighted by Crippen LogP contribution is -2.11. The van der Waals surface area contributed by atoms with Crippen molar-refractivity contribution in [3.63, 3.8) is 0 Å². The van der Waals surface area contributed by atoms with Gasteiger partial charge in [0.05, 0.1) is 12.3 Å². The molecule has 20 heavy (non-hydrogen) atoms. The summed E-state index contributed by atoms with van der Waals surface area (Å²) in [6, 6.07) is 13.3. The third-order valence-electron chi connectivity index (χ3n) is 2.79. The molecule has 0 saturated carbocycles. The Hall–Kier alpha value is -2.76. The molecule has 0 bridgehead atoms. The van der Waals surface area contributed by atoms with Crippen LogP contribution in [0.25, 0.3) is 16.9 Å². The fourth-order valence-corrected chi connectivity index (χ4v) is 1.87. The van der Waals surface area contributed by atoms with Crippen LogP contribution in [0.15, 0.2) is 42.5 Å². The minimum atomic E-state index is -0.530. The fourth-order valence-electron chi connectivity index (χ4n) is 1.87. The first-order valence-electron chi connectivity index (χ1n) is 6.24. The van der Waals surface area contributed by atoms with Crippen LogP contribution in [0.2, 0.25) is 0 Å². The van der Waals surface area contributed by atoms with Crippen LogP contribution in [0.3, 0.4) is 0 Å². The van der Waals surface area contributed by atoms with Gasteiger partial charge >= 0.3 is 5.97 Å². The monoisotopic (exact) mass is 268 g/mol. The zero-order chi connectivity index (χ0) is 13.9. The van der Waals surface area contributed by atoms with Gasteiger partial charge in [0, 0.05) is 5.56 Å². The average molecular weight is 268 g/mol. The second kappa shape index (κ2) is 5.08. The SMILES string of the molecule is CCOC(=O)c1nnc2ccc(-c3ccccc3)nn12. The number of hydrogen-bond acceptors (Lipinski definition) is 5. The Bertz CT molecular complexity index is 752. The zero-order valence-electron chi connectivity index (χ0n) is 10.9. The lowest BCUT2D eigenvalue weighted by Gasteiger charge is -2.02. The summed E-state index contributed by atoms with van der Waals surface area (Å²) < 4.78 is 6.34. The summed E-state index contributed by atoms with van der Waals surface area (Å²) in [5.74, 6) is -0.447. The molecule has 0 saturated heterocycles. The fraction of sp³-hybridized carbons (Fsp3) is 0.143. The van der Waals surface area contributed by atoms with Crippen molar-refractivity contribution in [1.82, 2.24) is 19.8 Å². The van der Waals surface area contributed by atoms with Gasteiger partial charge in [0.15, 0.2) is 5.65 Å². The molecule has 1 aromatic carbocycles. The highest BCUT2D eigenvalue weighted by atomic mass is 16.5. The number of esters is 1. The Kier molecular flexibility index (Phi) is 3.12. The van der Waals surface area contributed by atoms with E-state index < -0.39 is 5.97 Å². The van der Waals surface area contributed by atoms with E-state index in [-0.39, 0.29) is 12.4 Å². The van der Waals surface area contributed by atoms with Crippen molar-refractivity contribution in [2.75, 3.05) is 6.61 Å². The normalized spacial score (nSPS) is 10.7. The summed E-state index contributed by atoms with van der Waals surface area (Å²) in [6.45, 7) is 2.02. The van der Waals surface area contributed by atoms with Crippen molar-refractivity contribution in [1.29, 1.82) is 0 Å². The molecule has 0 N–H and O–H groups in total. The Balaban J connectivity index is 2.10. The van der Waals surface area contributed by atoms with Crippen LogP contribution >= 0.6 is 0 Å². The summed E-state index contributed by atoms with van der Waals surface area (Å²) in [6.07, 6.45) is 0. The highest BCUT2D eigenvalue weighted by molar-refractivity contribution is 5.86. The van der Waals surface area contributed by atoms with Crippen molar-refractivity contribution in [2.45, 2.75) is 6.92 Å². The summed E-state index contributed by atoms with van der Waals surface area (Å²) in [5, 5.41) is 12.1. The number of hydrogen-bond donors (Lipinski definition) is 0. The number of carbonyl (C=O) groups is 1. The van der Waals surface area contributed by atoms with E-state index in [4.69, 9.17) is 4.74 Å². The number of nitrogens with zero attached hydrogens (tertiary/aromatic N) is 4. The van der Waals surface area contributed by atoms with Crippen LogP contribution in [0.4, 0.5) is 0 Å². The first-order chi connectivity index (χ1) is 9.79. The van der Waals surface area contributed by atoms with Gasteiger partial charge in [-0.2, -0.15) is 9.61 Å². The van der Waals surface area contributed by atoms with Gasteiger partial charge in [-0.3, -0.25) is 0 Å². The minimum Gasteiger partial charge on any atom is -0.460 e. The number of carbonyl (C=O) groups excluding carboxylic acids is 1. The minimum absolute atomic E-state index is 0.0830. The second-order valence-electron chi connectivity index (χ2n) is 4.10. The van der Waals surface area contributed by atoms with Gasteiger partial charge in [-0.05, 0) is 19.1 Å². The largest absolute Gasteiger partial charge is 0.460 e. The van der Waals surface area contributed by atoms with Gasteiger partial charge < -0.3 is 4.74 Å². The molecule has 0 atom stereocenters. The summed E-state index contributed by atoms with van der Waals surface area (Å²) in [4.78, 5) is 11.8. The Morgan fingerprint density at radius 2 is 1.95 bits per heavy atom. The average Bonchev–Trinajstić information content (AvgIpc) is 2.91. The van der Waals surface area contributed by atoms with Gasteiger partial charge in [0.1, 0.15) is 0 Å². The van der Waals surface area contributed by atoms with Gasteiger partial charge in [-0.1, -0.05) is 30.3 Å². The van der Waals surface area contributed by atoms with Crippen molar-refractivity contribution in [2.24, 2.45) is 0 Å². The topological polar surface area (TPSA) is 69.4 Å². The molecule has 0 amide bonds. The van der Waals surface area contributed by atoms with E-state index in [9.17, 15) is 4.79 Å². The van der Waals surface area contributed by atoms with E-state index in [2.05, 4.69) is 15.3 Å². The molecular formula is C14H12N4O2. The summed E-state index contributed by atoms with van der Waals surface area (Å²) in [7, 11) is 0. The molecule has 2 heterocycles. The van der Waals surface area contributed by atoms with E-state index in [1.807, 2.05) is 36.4 Å². The van der Waals surface area contributed by atoms with E-state index in [0.29, 0.717) is 5.65 Å². The number of aromatic nitrogens is 4. The van der Waals surface area contributed by atoms with E-state index >= 15 is 0 Å². The van der Waals surface area contributed by atoms with E-state index in [1.165, 1.54) is 4.52 Å². The molecule has 3 aromatic rings. The maximum Gasteiger partial charge on any atom is 0.378 e. The predicted molar refractivity (Wildman–Crippen MR) is 72.2 cm³/mol. The Labute approximate surface area is 115 Å². The highest BCUT2D eigenvalue weighted by Crippen LogP contribution is 2.16. The smallest absolute Gasteiger partial charge is 0.378 e. The lowest BCUT2D eigenvalue weighted by atomic mass is 10.1. The van der Waals surface area contributed by atoms with Gasteiger partial charge in [-0.25, -0.2) is 4.79 Å². The van der Waals surface area contributed by atoms with Crippen LogP contribution in [0.5, 0.6) is 0 Å². The molecule has 6 nitrogen and oxygen atoms in total. The lowest BCUT2D eigenvalue weighted by molar-refractivity contribution is 0.0509. The van der Waals surface area contributed by atoms with Crippen molar-refractivity contribution in [3.8, 4) is 11.3 Å². The molecular weight excluding hydrogens is 256 g/mol. The molecule has 0 fully saturated rings. The van der Waals surface area contributed by atoms with E-state index in [1.54, 1.807) is 13.0 Å². The third kappa shape index (κ3) is 2.11. The molecule has 0 aliphatic carbocycles. The van der Waals surface area contributed by atoms with Crippen LogP contribution in [0.1, 0.15) is 17.5 Å². The number of rotatable bonds is 3. The zero-order valence-corrected chi connectivity index (χ0v) is 10.9. The van der Waals surface area contributed by atoms with Crippen molar-refractivity contribution >= 4 is 11.6 Å². The van der Waals surface area contributed by atoms with Crippen LogP contribution in [-0.2, 0) is 4.74 Å². The van der Waals surface area contributed by atoms with E-state index in [0.717, 1.165) is 11.3 Å². The molecule has 0 aliphatic rings. The number of ether oxygens (including phenoxy) is 1. The molecule has 100 valence electrons.